The number of hydrogen-bond acceptors (Lipinski definition) is 3. The number of rotatable bonds is 5. The smallest absolute Gasteiger partial charge is 0.130 e. The Balaban J connectivity index is 2.65. The SMILES string of the molecule is CCOCCc1ncc(C(C)Cl)c(C)n1. The van der Waals surface area contributed by atoms with Gasteiger partial charge in [-0.15, -0.1) is 11.6 Å². The van der Waals surface area contributed by atoms with Crippen molar-refractivity contribution >= 4 is 11.6 Å². The summed E-state index contributed by atoms with van der Waals surface area (Å²) in [5.74, 6) is 0.821. The third kappa shape index (κ3) is 3.76. The standard InChI is InChI=1S/C11H17ClN2O/c1-4-15-6-5-11-13-7-10(8(2)12)9(3)14-11/h7-8H,4-6H2,1-3H3. The number of hydrogen-bond donors (Lipinski definition) is 0. The average molecular weight is 229 g/mol. The van der Waals surface area contributed by atoms with Crippen LogP contribution in [0.3, 0.4) is 0 Å². The molecule has 0 amide bonds. The van der Waals surface area contributed by atoms with Crippen LogP contribution >= 0.6 is 11.6 Å². The molecule has 0 radical (unpaired) electrons. The number of alkyl halides is 1. The maximum absolute atomic E-state index is 5.98. The van der Waals surface area contributed by atoms with E-state index in [1.165, 1.54) is 0 Å². The van der Waals surface area contributed by atoms with Crippen LogP contribution in [0.4, 0.5) is 0 Å². The van der Waals surface area contributed by atoms with E-state index >= 15 is 0 Å². The van der Waals surface area contributed by atoms with Crippen molar-refractivity contribution in [2.75, 3.05) is 13.2 Å². The van der Waals surface area contributed by atoms with E-state index in [0.29, 0.717) is 6.61 Å². The molecule has 0 aliphatic rings. The summed E-state index contributed by atoms with van der Waals surface area (Å²) in [6.45, 7) is 7.26. The predicted molar refractivity (Wildman–Crippen MR) is 61.2 cm³/mol. The molecular formula is C11H17ClN2O. The minimum Gasteiger partial charge on any atom is -0.381 e. The quantitative estimate of drug-likeness (QED) is 0.574. The van der Waals surface area contributed by atoms with Crippen LogP contribution in [-0.2, 0) is 11.2 Å². The van der Waals surface area contributed by atoms with Crippen LogP contribution in [0, 0.1) is 6.92 Å². The molecule has 0 aliphatic heterocycles. The number of halogens is 1. The molecule has 0 bridgehead atoms. The van der Waals surface area contributed by atoms with E-state index in [0.717, 1.165) is 30.1 Å². The van der Waals surface area contributed by atoms with Gasteiger partial charge in [0.15, 0.2) is 0 Å². The summed E-state index contributed by atoms with van der Waals surface area (Å²) in [4.78, 5) is 8.65. The van der Waals surface area contributed by atoms with Crippen molar-refractivity contribution in [3.8, 4) is 0 Å². The second kappa shape index (κ2) is 6.03. The first-order valence-corrected chi connectivity index (χ1v) is 5.63. The summed E-state index contributed by atoms with van der Waals surface area (Å²) in [5, 5.41) is -0.0362. The van der Waals surface area contributed by atoms with Crippen molar-refractivity contribution < 1.29 is 4.74 Å². The first-order chi connectivity index (χ1) is 7.15. The summed E-state index contributed by atoms with van der Waals surface area (Å²) in [6.07, 6.45) is 2.56. The molecule has 0 saturated carbocycles. The predicted octanol–water partition coefficient (Wildman–Crippen LogP) is 2.66. The fourth-order valence-electron chi connectivity index (χ4n) is 1.34. The first-order valence-electron chi connectivity index (χ1n) is 5.19. The molecule has 15 heavy (non-hydrogen) atoms. The van der Waals surface area contributed by atoms with Gasteiger partial charge in [0.25, 0.3) is 0 Å². The van der Waals surface area contributed by atoms with Crippen molar-refractivity contribution in [2.24, 2.45) is 0 Å². The molecule has 0 aromatic carbocycles. The van der Waals surface area contributed by atoms with Gasteiger partial charge in [-0.25, -0.2) is 9.97 Å². The van der Waals surface area contributed by atoms with E-state index in [2.05, 4.69) is 9.97 Å². The zero-order valence-electron chi connectivity index (χ0n) is 9.46. The van der Waals surface area contributed by atoms with Crippen molar-refractivity contribution in [1.82, 2.24) is 9.97 Å². The highest BCUT2D eigenvalue weighted by Gasteiger charge is 2.07. The van der Waals surface area contributed by atoms with E-state index in [4.69, 9.17) is 16.3 Å². The van der Waals surface area contributed by atoms with Gasteiger partial charge < -0.3 is 4.74 Å². The largest absolute Gasteiger partial charge is 0.381 e. The highest BCUT2D eigenvalue weighted by molar-refractivity contribution is 6.20. The van der Waals surface area contributed by atoms with Crippen molar-refractivity contribution in [3.63, 3.8) is 0 Å². The molecule has 0 fully saturated rings. The van der Waals surface area contributed by atoms with Crippen LogP contribution in [0.1, 0.15) is 36.3 Å². The molecule has 1 heterocycles. The van der Waals surface area contributed by atoms with Crippen LogP contribution < -0.4 is 0 Å². The lowest BCUT2D eigenvalue weighted by Crippen LogP contribution is -2.05. The molecule has 1 aromatic heterocycles. The Kier molecular flexibility index (Phi) is 4.99. The molecule has 0 N–H and O–H groups in total. The van der Waals surface area contributed by atoms with E-state index in [1.54, 1.807) is 6.20 Å². The van der Waals surface area contributed by atoms with Gasteiger partial charge in [-0.1, -0.05) is 0 Å². The molecule has 0 spiro atoms. The van der Waals surface area contributed by atoms with Crippen LogP contribution in [0.2, 0.25) is 0 Å². The Labute approximate surface area is 95.8 Å². The second-order valence-electron chi connectivity index (χ2n) is 3.39. The molecule has 4 heteroatoms. The molecule has 84 valence electrons. The molecule has 1 aromatic rings. The Bertz CT molecular complexity index is 315. The zero-order valence-corrected chi connectivity index (χ0v) is 10.2. The first kappa shape index (κ1) is 12.4. The minimum atomic E-state index is -0.0362. The molecular weight excluding hydrogens is 212 g/mol. The lowest BCUT2D eigenvalue weighted by Gasteiger charge is -2.08. The van der Waals surface area contributed by atoms with Gasteiger partial charge in [-0.3, -0.25) is 0 Å². The summed E-state index contributed by atoms with van der Waals surface area (Å²) in [7, 11) is 0. The van der Waals surface area contributed by atoms with Gasteiger partial charge in [0.2, 0.25) is 0 Å². The molecule has 1 unspecified atom stereocenters. The number of aryl methyl sites for hydroxylation is 1. The summed E-state index contributed by atoms with van der Waals surface area (Å²) in [6, 6.07) is 0. The van der Waals surface area contributed by atoms with Crippen molar-refractivity contribution in [1.29, 1.82) is 0 Å². The topological polar surface area (TPSA) is 35.0 Å². The molecule has 0 saturated heterocycles. The Morgan fingerprint density at radius 1 is 1.53 bits per heavy atom. The molecule has 1 rings (SSSR count). The summed E-state index contributed by atoms with van der Waals surface area (Å²) >= 11 is 5.98. The third-order valence-electron chi connectivity index (χ3n) is 2.17. The van der Waals surface area contributed by atoms with Crippen LogP contribution in [-0.4, -0.2) is 23.2 Å². The third-order valence-corrected chi connectivity index (χ3v) is 2.40. The van der Waals surface area contributed by atoms with Crippen molar-refractivity contribution in [3.05, 3.63) is 23.3 Å². The Morgan fingerprint density at radius 2 is 2.27 bits per heavy atom. The van der Waals surface area contributed by atoms with Crippen LogP contribution in [0.25, 0.3) is 0 Å². The Morgan fingerprint density at radius 3 is 2.80 bits per heavy atom. The number of nitrogens with zero attached hydrogens (tertiary/aromatic N) is 2. The maximum atomic E-state index is 5.98. The highest BCUT2D eigenvalue weighted by Crippen LogP contribution is 2.20. The lowest BCUT2D eigenvalue weighted by molar-refractivity contribution is 0.149. The van der Waals surface area contributed by atoms with Gasteiger partial charge in [0.05, 0.1) is 12.0 Å². The second-order valence-corrected chi connectivity index (χ2v) is 4.04. The van der Waals surface area contributed by atoms with E-state index in [9.17, 15) is 0 Å². The van der Waals surface area contributed by atoms with E-state index in [-0.39, 0.29) is 5.38 Å². The van der Waals surface area contributed by atoms with Crippen LogP contribution in [0.15, 0.2) is 6.20 Å². The normalized spacial score (nSPS) is 12.8. The molecule has 0 aliphatic carbocycles. The van der Waals surface area contributed by atoms with Gasteiger partial charge in [-0.05, 0) is 20.8 Å². The number of aromatic nitrogens is 2. The average Bonchev–Trinajstić information content (AvgIpc) is 2.17. The lowest BCUT2D eigenvalue weighted by atomic mass is 10.2. The minimum absolute atomic E-state index is 0.0362. The van der Waals surface area contributed by atoms with E-state index in [1.807, 2.05) is 20.8 Å². The fourth-order valence-corrected chi connectivity index (χ4v) is 1.56. The molecule has 1 atom stereocenters. The zero-order chi connectivity index (χ0) is 11.3. The van der Waals surface area contributed by atoms with Gasteiger partial charge in [-0.2, -0.15) is 0 Å². The van der Waals surface area contributed by atoms with Crippen LogP contribution in [0.5, 0.6) is 0 Å². The summed E-state index contributed by atoms with van der Waals surface area (Å²) in [5.41, 5.74) is 1.95. The maximum Gasteiger partial charge on any atom is 0.130 e. The van der Waals surface area contributed by atoms with Gasteiger partial charge in [0.1, 0.15) is 5.82 Å². The van der Waals surface area contributed by atoms with E-state index < -0.39 is 0 Å². The Hall–Kier alpha value is -0.670. The molecule has 3 nitrogen and oxygen atoms in total. The summed E-state index contributed by atoms with van der Waals surface area (Å²) < 4.78 is 5.25. The monoisotopic (exact) mass is 228 g/mol. The number of ether oxygens (including phenoxy) is 1. The van der Waals surface area contributed by atoms with Gasteiger partial charge >= 0.3 is 0 Å². The fraction of sp³-hybridized carbons (Fsp3) is 0.636. The van der Waals surface area contributed by atoms with Crippen molar-refractivity contribution in [2.45, 2.75) is 32.6 Å². The van der Waals surface area contributed by atoms with Gasteiger partial charge in [0, 0.05) is 30.5 Å². The highest BCUT2D eigenvalue weighted by atomic mass is 35.5.